The van der Waals surface area contributed by atoms with Crippen molar-refractivity contribution < 1.29 is 4.79 Å². The zero-order chi connectivity index (χ0) is 14.0. The summed E-state index contributed by atoms with van der Waals surface area (Å²) in [4.78, 5) is 14.4. The number of halogens is 1. The minimum Gasteiger partial charge on any atom is -0.357 e. The second kappa shape index (κ2) is 5.51. The first kappa shape index (κ1) is 14.3. The van der Waals surface area contributed by atoms with Gasteiger partial charge in [-0.25, -0.2) is 0 Å². The molecule has 0 bridgehead atoms. The molecule has 1 heterocycles. The third-order valence-electron chi connectivity index (χ3n) is 3.30. The number of hydrogen-bond acceptors (Lipinski definition) is 3. The summed E-state index contributed by atoms with van der Waals surface area (Å²) in [5, 5.41) is 3.06. The molecule has 1 amide bonds. The number of anilines is 1. The molecule has 19 heavy (non-hydrogen) atoms. The fraction of sp³-hybridized carbons (Fsp3) is 0.500. The molecular weight excluding hydrogens is 306 g/mol. The van der Waals surface area contributed by atoms with Gasteiger partial charge in [-0.1, -0.05) is 15.9 Å². The van der Waals surface area contributed by atoms with Gasteiger partial charge in [0.25, 0.3) is 0 Å². The molecule has 1 aliphatic heterocycles. The van der Waals surface area contributed by atoms with Gasteiger partial charge in [-0.3, -0.25) is 4.79 Å². The van der Waals surface area contributed by atoms with Gasteiger partial charge in [-0.2, -0.15) is 0 Å². The highest BCUT2D eigenvalue weighted by molar-refractivity contribution is 9.10. The standard InChI is InChI=1S/C14H20BrN3O/c1-14(2)9-18(11-5-3-10(15)4-6-11)12(7-8-16)13(19)17-14/h3-6,12H,7-9,16H2,1-2H3,(H,17,19). The van der Waals surface area contributed by atoms with Crippen molar-refractivity contribution in [3.8, 4) is 0 Å². The fourth-order valence-electron chi connectivity index (χ4n) is 2.48. The Hall–Kier alpha value is -1.07. The summed E-state index contributed by atoms with van der Waals surface area (Å²) in [5.41, 5.74) is 6.47. The molecular formula is C14H20BrN3O. The number of amides is 1. The predicted octanol–water partition coefficient (Wildman–Crippen LogP) is 1.88. The smallest absolute Gasteiger partial charge is 0.243 e. The van der Waals surface area contributed by atoms with E-state index in [1.807, 2.05) is 38.1 Å². The molecule has 0 spiro atoms. The number of nitrogens with one attached hydrogen (secondary N) is 1. The zero-order valence-corrected chi connectivity index (χ0v) is 12.9. The molecule has 1 fully saturated rings. The van der Waals surface area contributed by atoms with Crippen LogP contribution < -0.4 is 16.0 Å². The van der Waals surface area contributed by atoms with E-state index in [0.29, 0.717) is 13.0 Å². The number of benzene rings is 1. The van der Waals surface area contributed by atoms with Gasteiger partial charge < -0.3 is 16.0 Å². The van der Waals surface area contributed by atoms with Crippen molar-refractivity contribution in [2.24, 2.45) is 5.73 Å². The average molecular weight is 326 g/mol. The van der Waals surface area contributed by atoms with Crippen LogP contribution in [0.5, 0.6) is 0 Å². The Kier molecular flexibility index (Phi) is 4.16. The van der Waals surface area contributed by atoms with Gasteiger partial charge in [0.1, 0.15) is 6.04 Å². The lowest BCUT2D eigenvalue weighted by Gasteiger charge is -2.45. The molecule has 104 valence electrons. The van der Waals surface area contributed by atoms with Gasteiger partial charge >= 0.3 is 0 Å². The summed E-state index contributed by atoms with van der Waals surface area (Å²) >= 11 is 3.43. The van der Waals surface area contributed by atoms with Crippen LogP contribution in [-0.4, -0.2) is 30.6 Å². The van der Waals surface area contributed by atoms with Gasteiger partial charge in [0.05, 0.1) is 5.54 Å². The zero-order valence-electron chi connectivity index (χ0n) is 11.3. The Morgan fingerprint density at radius 2 is 2.05 bits per heavy atom. The lowest BCUT2D eigenvalue weighted by Crippen LogP contribution is -2.65. The van der Waals surface area contributed by atoms with Crippen molar-refractivity contribution in [2.75, 3.05) is 18.0 Å². The normalized spacial score (nSPS) is 22.2. The third kappa shape index (κ3) is 3.28. The van der Waals surface area contributed by atoms with E-state index in [1.165, 1.54) is 0 Å². The highest BCUT2D eigenvalue weighted by Gasteiger charge is 2.37. The second-order valence-corrected chi connectivity index (χ2v) is 6.49. The summed E-state index contributed by atoms with van der Waals surface area (Å²) in [6.45, 7) is 5.36. The van der Waals surface area contributed by atoms with E-state index in [-0.39, 0.29) is 17.5 Å². The SMILES string of the molecule is CC1(C)CN(c2ccc(Br)cc2)C(CCN)C(=O)N1. The van der Waals surface area contributed by atoms with Crippen molar-refractivity contribution in [3.63, 3.8) is 0 Å². The molecule has 2 rings (SSSR count). The molecule has 1 aromatic rings. The van der Waals surface area contributed by atoms with Crippen LogP contribution in [0.4, 0.5) is 5.69 Å². The maximum Gasteiger partial charge on any atom is 0.243 e. The van der Waals surface area contributed by atoms with Gasteiger partial charge in [0, 0.05) is 16.7 Å². The molecule has 0 aromatic heterocycles. The molecule has 0 saturated carbocycles. The van der Waals surface area contributed by atoms with Crippen molar-refractivity contribution in [3.05, 3.63) is 28.7 Å². The molecule has 4 nitrogen and oxygen atoms in total. The fourth-order valence-corrected chi connectivity index (χ4v) is 2.75. The largest absolute Gasteiger partial charge is 0.357 e. The van der Waals surface area contributed by atoms with E-state index in [1.54, 1.807) is 0 Å². The minimum atomic E-state index is -0.227. The molecule has 3 N–H and O–H groups in total. The molecule has 1 saturated heterocycles. The van der Waals surface area contributed by atoms with Gasteiger partial charge in [-0.15, -0.1) is 0 Å². The number of rotatable bonds is 3. The van der Waals surface area contributed by atoms with Crippen LogP contribution in [0.15, 0.2) is 28.7 Å². The van der Waals surface area contributed by atoms with E-state index in [4.69, 9.17) is 5.73 Å². The lowest BCUT2D eigenvalue weighted by atomic mass is 9.96. The Morgan fingerprint density at radius 3 is 2.63 bits per heavy atom. The van der Waals surface area contributed by atoms with Crippen LogP contribution in [0.25, 0.3) is 0 Å². The molecule has 0 radical (unpaired) electrons. The number of carbonyl (C=O) groups is 1. The average Bonchev–Trinajstić information content (AvgIpc) is 2.33. The Morgan fingerprint density at radius 1 is 1.42 bits per heavy atom. The van der Waals surface area contributed by atoms with E-state index in [0.717, 1.165) is 16.7 Å². The molecule has 1 atom stereocenters. The Balaban J connectivity index is 2.31. The molecule has 1 aliphatic rings. The Bertz CT molecular complexity index is 458. The van der Waals surface area contributed by atoms with Crippen LogP contribution in [0.2, 0.25) is 0 Å². The first-order valence-electron chi connectivity index (χ1n) is 6.47. The van der Waals surface area contributed by atoms with E-state index < -0.39 is 0 Å². The van der Waals surface area contributed by atoms with E-state index in [9.17, 15) is 4.79 Å². The van der Waals surface area contributed by atoms with E-state index >= 15 is 0 Å². The topological polar surface area (TPSA) is 58.4 Å². The molecule has 1 unspecified atom stereocenters. The number of nitrogens with two attached hydrogens (primary N) is 1. The highest BCUT2D eigenvalue weighted by atomic mass is 79.9. The lowest BCUT2D eigenvalue weighted by molar-refractivity contribution is -0.125. The minimum absolute atomic E-state index is 0.0598. The Labute approximate surface area is 122 Å². The summed E-state index contributed by atoms with van der Waals surface area (Å²) in [5.74, 6) is 0.0598. The van der Waals surface area contributed by atoms with Gasteiger partial charge in [-0.05, 0) is 51.1 Å². The maximum absolute atomic E-state index is 12.2. The number of nitrogens with zero attached hydrogens (tertiary/aromatic N) is 1. The molecule has 5 heteroatoms. The maximum atomic E-state index is 12.2. The summed E-state index contributed by atoms with van der Waals surface area (Å²) < 4.78 is 1.03. The highest BCUT2D eigenvalue weighted by Crippen LogP contribution is 2.26. The van der Waals surface area contributed by atoms with Crippen molar-refractivity contribution in [2.45, 2.75) is 31.8 Å². The van der Waals surface area contributed by atoms with Crippen molar-refractivity contribution >= 4 is 27.5 Å². The first-order valence-corrected chi connectivity index (χ1v) is 7.26. The van der Waals surface area contributed by atoms with Crippen LogP contribution in [0.3, 0.4) is 0 Å². The third-order valence-corrected chi connectivity index (χ3v) is 3.83. The number of piperazine rings is 1. The van der Waals surface area contributed by atoms with Crippen molar-refractivity contribution in [1.29, 1.82) is 0 Å². The number of carbonyl (C=O) groups excluding carboxylic acids is 1. The van der Waals surface area contributed by atoms with Crippen LogP contribution >= 0.6 is 15.9 Å². The van der Waals surface area contributed by atoms with Crippen LogP contribution in [-0.2, 0) is 4.79 Å². The summed E-state index contributed by atoms with van der Waals surface area (Å²) in [6.07, 6.45) is 0.665. The summed E-state index contributed by atoms with van der Waals surface area (Å²) in [6, 6.07) is 7.87. The number of hydrogen-bond donors (Lipinski definition) is 2. The summed E-state index contributed by atoms with van der Waals surface area (Å²) in [7, 11) is 0. The van der Waals surface area contributed by atoms with E-state index in [2.05, 4.69) is 26.1 Å². The second-order valence-electron chi connectivity index (χ2n) is 5.57. The first-order chi connectivity index (χ1) is 8.93. The van der Waals surface area contributed by atoms with Gasteiger partial charge in [0.2, 0.25) is 5.91 Å². The van der Waals surface area contributed by atoms with Crippen LogP contribution in [0.1, 0.15) is 20.3 Å². The molecule has 0 aliphatic carbocycles. The monoisotopic (exact) mass is 325 g/mol. The predicted molar refractivity (Wildman–Crippen MR) is 81.2 cm³/mol. The molecule has 1 aromatic carbocycles. The van der Waals surface area contributed by atoms with Gasteiger partial charge in [0.15, 0.2) is 0 Å². The van der Waals surface area contributed by atoms with Crippen LogP contribution in [0, 0.1) is 0 Å². The quantitative estimate of drug-likeness (QED) is 0.892. The van der Waals surface area contributed by atoms with Crippen molar-refractivity contribution in [1.82, 2.24) is 5.32 Å².